The van der Waals surface area contributed by atoms with Gasteiger partial charge in [-0.25, -0.2) is 9.50 Å². The molecule has 0 saturated heterocycles. The number of rotatable bonds is 6. The molecule has 0 bridgehead atoms. The lowest BCUT2D eigenvalue weighted by Crippen LogP contribution is -2.38. The van der Waals surface area contributed by atoms with Gasteiger partial charge in [0.05, 0.1) is 29.3 Å². The first kappa shape index (κ1) is 24.8. The molecule has 1 saturated carbocycles. The lowest BCUT2D eigenvalue weighted by molar-refractivity contribution is -0.137. The summed E-state index contributed by atoms with van der Waals surface area (Å²) in [6, 6.07) is 10.9. The second-order valence-electron chi connectivity index (χ2n) is 11.3. The molecule has 1 aliphatic carbocycles. The highest BCUT2D eigenvalue weighted by atomic mass is 16.2. The molecular formula is C30H41N5O. The van der Waals surface area contributed by atoms with Crippen molar-refractivity contribution < 1.29 is 4.79 Å². The monoisotopic (exact) mass is 487 g/mol. The number of amides is 1. The number of anilines is 2. The number of hydrogen-bond donors (Lipinski definition) is 0. The van der Waals surface area contributed by atoms with Gasteiger partial charge >= 0.3 is 0 Å². The van der Waals surface area contributed by atoms with E-state index in [1.807, 2.05) is 25.1 Å². The highest BCUT2D eigenvalue weighted by molar-refractivity contribution is 5.79. The molecule has 6 heteroatoms. The average molecular weight is 488 g/mol. The van der Waals surface area contributed by atoms with E-state index < -0.39 is 0 Å². The fraction of sp³-hybridized carbons (Fsp3) is 0.567. The van der Waals surface area contributed by atoms with E-state index in [4.69, 9.17) is 10.1 Å². The first-order valence-electron chi connectivity index (χ1n) is 13.8. The van der Waals surface area contributed by atoms with Crippen molar-refractivity contribution in [3.63, 3.8) is 0 Å². The Morgan fingerprint density at radius 3 is 2.61 bits per heavy atom. The van der Waals surface area contributed by atoms with Crippen molar-refractivity contribution >= 4 is 22.9 Å². The molecule has 0 N–H and O–H groups in total. The van der Waals surface area contributed by atoms with Crippen molar-refractivity contribution in [1.29, 1.82) is 0 Å². The summed E-state index contributed by atoms with van der Waals surface area (Å²) in [5, 5.41) is 4.83. The van der Waals surface area contributed by atoms with Crippen LogP contribution >= 0.6 is 0 Å². The maximum absolute atomic E-state index is 13.1. The zero-order valence-corrected chi connectivity index (χ0v) is 22.6. The van der Waals surface area contributed by atoms with Gasteiger partial charge in [0, 0.05) is 36.7 Å². The van der Waals surface area contributed by atoms with Crippen LogP contribution in [0.15, 0.2) is 36.5 Å². The number of carbonyl (C=O) groups is 1. The fourth-order valence-corrected chi connectivity index (χ4v) is 6.45. The number of aryl methyl sites for hydroxylation is 1. The first-order valence-corrected chi connectivity index (χ1v) is 13.8. The molecule has 2 atom stereocenters. The molecule has 2 aromatic heterocycles. The molecule has 0 radical (unpaired) electrons. The van der Waals surface area contributed by atoms with Gasteiger partial charge in [-0.1, -0.05) is 51.7 Å². The van der Waals surface area contributed by atoms with Crippen LogP contribution in [0.2, 0.25) is 0 Å². The molecule has 3 heterocycles. The minimum atomic E-state index is 0.0586. The number of carbonyl (C=O) groups excluding carboxylic acids is 1. The first-order chi connectivity index (χ1) is 17.3. The smallest absolute Gasteiger partial charge is 0.225 e. The van der Waals surface area contributed by atoms with Crippen LogP contribution in [0.5, 0.6) is 0 Å². The van der Waals surface area contributed by atoms with Gasteiger partial charge in [-0.2, -0.15) is 5.10 Å². The third-order valence-electron chi connectivity index (χ3n) is 8.71. The summed E-state index contributed by atoms with van der Waals surface area (Å²) >= 11 is 0. The maximum Gasteiger partial charge on any atom is 0.225 e. The molecular weight excluding hydrogens is 446 g/mol. The summed E-state index contributed by atoms with van der Waals surface area (Å²) in [7, 11) is 1.97. The summed E-state index contributed by atoms with van der Waals surface area (Å²) in [4.78, 5) is 22.2. The van der Waals surface area contributed by atoms with Crippen molar-refractivity contribution in [2.75, 3.05) is 18.5 Å². The van der Waals surface area contributed by atoms with Crippen molar-refractivity contribution in [3.05, 3.63) is 53.5 Å². The van der Waals surface area contributed by atoms with E-state index in [1.165, 1.54) is 30.5 Å². The molecule has 1 unspecified atom stereocenters. The average Bonchev–Trinajstić information content (AvgIpc) is 3.28. The van der Waals surface area contributed by atoms with Crippen LogP contribution in [0, 0.1) is 12.8 Å². The molecule has 192 valence electrons. The Bertz CT molecular complexity index is 1230. The van der Waals surface area contributed by atoms with Crippen molar-refractivity contribution in [2.45, 2.75) is 90.5 Å². The second-order valence-corrected chi connectivity index (χ2v) is 11.3. The molecule has 1 amide bonds. The number of benzene rings is 1. The molecule has 3 aromatic rings. The van der Waals surface area contributed by atoms with Crippen LogP contribution in [-0.2, 0) is 10.2 Å². The number of aromatic nitrogens is 3. The van der Waals surface area contributed by atoms with Gasteiger partial charge in [-0.15, -0.1) is 0 Å². The highest BCUT2D eigenvalue weighted by Crippen LogP contribution is 2.45. The van der Waals surface area contributed by atoms with Gasteiger partial charge in [0.1, 0.15) is 0 Å². The van der Waals surface area contributed by atoms with Crippen LogP contribution in [0.1, 0.15) is 95.1 Å². The second kappa shape index (κ2) is 9.87. The topological polar surface area (TPSA) is 53.7 Å². The molecule has 1 aliphatic heterocycles. The normalized spacial score (nSPS) is 21.4. The third kappa shape index (κ3) is 4.39. The standard InChI is InChI=1S/C30H41N5O/c1-6-16-30(4)17-18-34(26-20-31-27-19-21(2)32-35(27)28(26)30)25-14-12-23(13-15-25)22(3)33(5)29(36)24-10-8-7-9-11-24/h12-15,19-20,22,24H,6-11,16-18H2,1-5H3/t22-,30?/m1/s1. The number of hydrogen-bond acceptors (Lipinski definition) is 4. The Balaban J connectivity index is 1.42. The number of nitrogens with zero attached hydrogens (tertiary/aromatic N) is 5. The van der Waals surface area contributed by atoms with E-state index in [-0.39, 0.29) is 17.4 Å². The predicted molar refractivity (Wildman–Crippen MR) is 146 cm³/mol. The lowest BCUT2D eigenvalue weighted by Gasteiger charge is -2.42. The van der Waals surface area contributed by atoms with Crippen molar-refractivity contribution in [2.24, 2.45) is 5.92 Å². The van der Waals surface area contributed by atoms with Crippen molar-refractivity contribution in [3.8, 4) is 0 Å². The molecule has 1 aromatic carbocycles. The van der Waals surface area contributed by atoms with E-state index >= 15 is 0 Å². The molecule has 1 fully saturated rings. The van der Waals surface area contributed by atoms with E-state index in [9.17, 15) is 4.79 Å². The van der Waals surface area contributed by atoms with Crippen molar-refractivity contribution in [1.82, 2.24) is 19.5 Å². The summed E-state index contributed by atoms with van der Waals surface area (Å²) in [6.45, 7) is 9.77. The lowest BCUT2D eigenvalue weighted by atomic mass is 9.76. The van der Waals surface area contributed by atoms with Crippen LogP contribution in [0.3, 0.4) is 0 Å². The molecule has 5 rings (SSSR count). The van der Waals surface area contributed by atoms with Gasteiger partial charge in [0.25, 0.3) is 0 Å². The van der Waals surface area contributed by atoms with E-state index in [2.05, 4.69) is 60.5 Å². The summed E-state index contributed by atoms with van der Waals surface area (Å²) < 4.78 is 2.08. The van der Waals surface area contributed by atoms with Crippen LogP contribution in [0.25, 0.3) is 5.65 Å². The van der Waals surface area contributed by atoms with Crippen LogP contribution in [-0.4, -0.2) is 39.0 Å². The van der Waals surface area contributed by atoms with Gasteiger partial charge in [0.15, 0.2) is 5.65 Å². The quantitative estimate of drug-likeness (QED) is 0.386. The van der Waals surface area contributed by atoms with Gasteiger partial charge in [0.2, 0.25) is 5.91 Å². The Kier molecular flexibility index (Phi) is 6.80. The zero-order valence-electron chi connectivity index (χ0n) is 22.6. The molecule has 6 nitrogen and oxygen atoms in total. The highest BCUT2D eigenvalue weighted by Gasteiger charge is 2.38. The fourth-order valence-electron chi connectivity index (χ4n) is 6.45. The van der Waals surface area contributed by atoms with E-state index in [1.54, 1.807) is 0 Å². The minimum absolute atomic E-state index is 0.0586. The Labute approximate surface area is 215 Å². The molecule has 0 spiro atoms. The number of fused-ring (bicyclic) bond motifs is 3. The van der Waals surface area contributed by atoms with Gasteiger partial charge < -0.3 is 9.80 Å². The predicted octanol–water partition coefficient (Wildman–Crippen LogP) is 6.74. The third-order valence-corrected chi connectivity index (χ3v) is 8.71. The Morgan fingerprint density at radius 2 is 1.92 bits per heavy atom. The Hall–Kier alpha value is -2.89. The van der Waals surface area contributed by atoms with Gasteiger partial charge in [-0.3, -0.25) is 4.79 Å². The minimum Gasteiger partial charge on any atom is -0.339 e. The van der Waals surface area contributed by atoms with Crippen LogP contribution < -0.4 is 4.90 Å². The molecule has 2 aliphatic rings. The molecule has 36 heavy (non-hydrogen) atoms. The zero-order chi connectivity index (χ0) is 25.4. The van der Waals surface area contributed by atoms with Gasteiger partial charge in [-0.05, 0) is 57.2 Å². The van der Waals surface area contributed by atoms with E-state index in [0.717, 1.165) is 61.4 Å². The summed E-state index contributed by atoms with van der Waals surface area (Å²) in [5.74, 6) is 0.499. The largest absolute Gasteiger partial charge is 0.339 e. The maximum atomic E-state index is 13.1. The Morgan fingerprint density at radius 1 is 1.19 bits per heavy atom. The van der Waals surface area contributed by atoms with E-state index in [0.29, 0.717) is 5.91 Å². The van der Waals surface area contributed by atoms with Crippen LogP contribution in [0.4, 0.5) is 11.4 Å². The SMILES string of the molecule is CCCC1(C)CCN(c2ccc([C@@H](C)N(C)C(=O)C3CCCCC3)cc2)c2cnc3cc(C)nn3c21. The summed E-state index contributed by atoms with van der Waals surface area (Å²) in [5.41, 5.74) is 6.74. The summed E-state index contributed by atoms with van der Waals surface area (Å²) in [6.07, 6.45) is 11.1.